The van der Waals surface area contributed by atoms with Crippen molar-refractivity contribution < 1.29 is 19.1 Å². The second kappa shape index (κ2) is 12.4. The Balaban J connectivity index is 1.93. The molecule has 2 rings (SSSR count). The van der Waals surface area contributed by atoms with Gasteiger partial charge in [-0.05, 0) is 43.2 Å². The highest BCUT2D eigenvalue weighted by atomic mass is 79.9. The topological polar surface area (TPSA) is 52.6 Å². The molecule has 0 N–H and O–H groups in total. The molecule has 29 heavy (non-hydrogen) atoms. The maximum atomic E-state index is 12.7. The summed E-state index contributed by atoms with van der Waals surface area (Å²) in [5, 5.41) is 0. The number of hydrogen-bond donors (Lipinski definition) is 0. The van der Waals surface area contributed by atoms with Crippen LogP contribution in [0, 0.1) is 0 Å². The first-order valence-corrected chi connectivity index (χ1v) is 11.0. The van der Waals surface area contributed by atoms with Crippen molar-refractivity contribution in [3.05, 3.63) is 69.7 Å². The van der Waals surface area contributed by atoms with Gasteiger partial charge in [0, 0.05) is 4.47 Å². The molecule has 0 aliphatic heterocycles. The fourth-order valence-corrected chi connectivity index (χ4v) is 3.43. The number of hydrogen-bond acceptors (Lipinski definition) is 4. The molecular weight excluding hydrogens is 432 g/mol. The highest BCUT2D eigenvalue weighted by Crippen LogP contribution is 2.23. The molecule has 4 nitrogen and oxygen atoms in total. The third kappa shape index (κ3) is 7.65. The number of benzene rings is 2. The summed E-state index contributed by atoms with van der Waals surface area (Å²) in [6, 6.07) is 14.2. The van der Waals surface area contributed by atoms with E-state index in [-0.39, 0.29) is 11.1 Å². The molecule has 0 saturated heterocycles. The van der Waals surface area contributed by atoms with Crippen molar-refractivity contribution in [2.45, 2.75) is 58.5 Å². The molecule has 1 atom stereocenters. The monoisotopic (exact) mass is 460 g/mol. The van der Waals surface area contributed by atoms with Crippen molar-refractivity contribution in [2.24, 2.45) is 0 Å². The Morgan fingerprint density at radius 3 is 2.24 bits per heavy atom. The van der Waals surface area contributed by atoms with Crippen molar-refractivity contribution in [3.63, 3.8) is 0 Å². The summed E-state index contributed by atoms with van der Waals surface area (Å²) in [4.78, 5) is 25.1. The van der Waals surface area contributed by atoms with E-state index in [1.54, 1.807) is 31.2 Å². The summed E-state index contributed by atoms with van der Waals surface area (Å²) in [7, 11) is 0. The number of unbranched alkanes of at least 4 members (excludes halogenated alkanes) is 5. The van der Waals surface area contributed by atoms with E-state index in [0.717, 1.165) is 29.3 Å². The highest BCUT2D eigenvalue weighted by Gasteiger charge is 2.21. The van der Waals surface area contributed by atoms with Gasteiger partial charge in [-0.15, -0.1) is 0 Å². The van der Waals surface area contributed by atoms with Gasteiger partial charge in [0.1, 0.15) is 6.10 Å². The van der Waals surface area contributed by atoms with Crippen molar-refractivity contribution in [1.82, 2.24) is 0 Å². The Morgan fingerprint density at radius 2 is 1.55 bits per heavy atom. The minimum atomic E-state index is -0.537. The van der Waals surface area contributed by atoms with Crippen molar-refractivity contribution in [3.8, 4) is 0 Å². The average molecular weight is 461 g/mol. The lowest BCUT2D eigenvalue weighted by molar-refractivity contribution is 0.0324. The number of esters is 2. The lowest BCUT2D eigenvalue weighted by atomic mass is 10.1. The van der Waals surface area contributed by atoms with E-state index in [0.29, 0.717) is 6.61 Å². The minimum Gasteiger partial charge on any atom is -0.462 e. The number of carbonyl (C=O) groups is 2. The molecule has 156 valence electrons. The Kier molecular flexibility index (Phi) is 9.92. The van der Waals surface area contributed by atoms with Crippen molar-refractivity contribution in [2.75, 3.05) is 6.61 Å². The predicted molar refractivity (Wildman–Crippen MR) is 118 cm³/mol. The zero-order valence-corrected chi connectivity index (χ0v) is 18.7. The van der Waals surface area contributed by atoms with E-state index in [2.05, 4.69) is 22.9 Å². The number of carbonyl (C=O) groups excluding carboxylic acids is 2. The van der Waals surface area contributed by atoms with Crippen LogP contribution in [0.2, 0.25) is 0 Å². The van der Waals surface area contributed by atoms with Gasteiger partial charge in [-0.2, -0.15) is 0 Å². The molecule has 0 heterocycles. The van der Waals surface area contributed by atoms with Crippen LogP contribution in [0.25, 0.3) is 0 Å². The molecule has 0 aromatic heterocycles. The van der Waals surface area contributed by atoms with Crippen LogP contribution in [0.4, 0.5) is 0 Å². The molecule has 0 radical (unpaired) electrons. The summed E-state index contributed by atoms with van der Waals surface area (Å²) < 4.78 is 11.9. The molecule has 0 amide bonds. The van der Waals surface area contributed by atoms with Gasteiger partial charge in [0.25, 0.3) is 0 Å². The van der Waals surface area contributed by atoms with Crippen molar-refractivity contribution in [1.29, 1.82) is 0 Å². The lowest BCUT2D eigenvalue weighted by Crippen LogP contribution is -2.16. The Bertz CT molecular complexity index is 803. The first-order valence-electron chi connectivity index (χ1n) is 10.3. The first kappa shape index (κ1) is 23.1. The summed E-state index contributed by atoms with van der Waals surface area (Å²) in [5.74, 6) is -1.02. The Hall–Kier alpha value is -2.14. The third-order valence-electron chi connectivity index (χ3n) is 4.70. The van der Waals surface area contributed by atoms with Crippen LogP contribution in [0.3, 0.4) is 0 Å². The van der Waals surface area contributed by atoms with Gasteiger partial charge in [0.05, 0.1) is 17.7 Å². The summed E-state index contributed by atoms with van der Waals surface area (Å²) in [6.45, 7) is 4.35. The number of ether oxygens (including phenoxy) is 2. The highest BCUT2D eigenvalue weighted by molar-refractivity contribution is 9.10. The summed E-state index contributed by atoms with van der Waals surface area (Å²) in [6.07, 6.45) is 6.27. The van der Waals surface area contributed by atoms with Crippen molar-refractivity contribution >= 4 is 27.9 Å². The zero-order valence-electron chi connectivity index (χ0n) is 17.2. The molecular formula is C24H29BrO4. The van der Waals surface area contributed by atoms with Crippen LogP contribution < -0.4 is 0 Å². The van der Waals surface area contributed by atoms with E-state index in [4.69, 9.17) is 9.47 Å². The lowest BCUT2D eigenvalue weighted by Gasteiger charge is -2.15. The van der Waals surface area contributed by atoms with Gasteiger partial charge in [0.2, 0.25) is 0 Å². The fraction of sp³-hybridized carbons (Fsp3) is 0.417. The largest absolute Gasteiger partial charge is 0.462 e. The van der Waals surface area contributed by atoms with Gasteiger partial charge >= 0.3 is 11.9 Å². The standard InChI is InChI=1S/C24H29BrO4/c1-3-4-5-6-7-10-16-28-23(26)21-14-8-9-15-22(21)24(27)29-18(2)19-12-11-13-20(25)17-19/h8-9,11-15,17-18H,3-7,10,16H2,1-2H3. The normalized spacial score (nSPS) is 11.7. The quantitative estimate of drug-likeness (QED) is 0.270. The SMILES string of the molecule is CCCCCCCCOC(=O)c1ccccc1C(=O)OC(C)c1cccc(Br)c1. The molecule has 0 spiro atoms. The Morgan fingerprint density at radius 1 is 0.897 bits per heavy atom. The van der Waals surface area contributed by atoms with Gasteiger partial charge in [-0.1, -0.05) is 79.2 Å². The average Bonchev–Trinajstić information content (AvgIpc) is 2.72. The smallest absolute Gasteiger partial charge is 0.339 e. The molecule has 1 unspecified atom stereocenters. The van der Waals surface area contributed by atoms with Gasteiger partial charge in [-0.25, -0.2) is 9.59 Å². The van der Waals surface area contributed by atoms with Gasteiger partial charge in [-0.3, -0.25) is 0 Å². The second-order valence-electron chi connectivity index (χ2n) is 7.05. The zero-order chi connectivity index (χ0) is 21.1. The van der Waals surface area contributed by atoms with Crippen LogP contribution in [0.1, 0.15) is 84.8 Å². The second-order valence-corrected chi connectivity index (χ2v) is 7.97. The number of rotatable bonds is 11. The Labute approximate surface area is 181 Å². The number of halogens is 1. The van der Waals surface area contributed by atoms with E-state index >= 15 is 0 Å². The van der Waals surface area contributed by atoms with Crippen LogP contribution in [0.5, 0.6) is 0 Å². The van der Waals surface area contributed by atoms with E-state index in [9.17, 15) is 9.59 Å². The maximum absolute atomic E-state index is 12.7. The van der Waals surface area contributed by atoms with Crippen LogP contribution in [-0.4, -0.2) is 18.5 Å². The molecule has 0 fully saturated rings. The fourth-order valence-electron chi connectivity index (χ4n) is 3.02. The summed E-state index contributed by atoms with van der Waals surface area (Å²) >= 11 is 3.42. The first-order chi connectivity index (χ1) is 14.0. The molecule has 5 heteroatoms. The molecule has 0 aliphatic carbocycles. The van der Waals surface area contributed by atoms with Crippen LogP contribution in [0.15, 0.2) is 53.0 Å². The minimum absolute atomic E-state index is 0.224. The molecule has 2 aromatic carbocycles. The maximum Gasteiger partial charge on any atom is 0.339 e. The summed E-state index contributed by atoms with van der Waals surface area (Å²) in [5.41, 5.74) is 1.34. The van der Waals surface area contributed by atoms with Crippen LogP contribution in [-0.2, 0) is 9.47 Å². The third-order valence-corrected chi connectivity index (χ3v) is 5.19. The molecule has 0 saturated carbocycles. The van der Waals surface area contributed by atoms with Crippen LogP contribution >= 0.6 is 15.9 Å². The predicted octanol–water partition coefficient (Wildman–Crippen LogP) is 6.88. The van der Waals surface area contributed by atoms with E-state index in [1.165, 1.54) is 19.3 Å². The van der Waals surface area contributed by atoms with Gasteiger partial charge < -0.3 is 9.47 Å². The van der Waals surface area contributed by atoms with E-state index in [1.807, 2.05) is 24.3 Å². The molecule has 0 aliphatic rings. The van der Waals surface area contributed by atoms with Gasteiger partial charge in [0.15, 0.2) is 0 Å². The molecule has 0 bridgehead atoms. The van der Waals surface area contributed by atoms with E-state index < -0.39 is 18.0 Å². The molecule has 2 aromatic rings.